The van der Waals surface area contributed by atoms with Gasteiger partial charge in [-0.2, -0.15) is 0 Å². The van der Waals surface area contributed by atoms with Crippen LogP contribution in [0.25, 0.3) is 0 Å². The summed E-state index contributed by atoms with van der Waals surface area (Å²) in [5.41, 5.74) is 5.84. The summed E-state index contributed by atoms with van der Waals surface area (Å²) in [7, 11) is 3.11. The fraction of sp³-hybridized carbons (Fsp3) is 0.500. The summed E-state index contributed by atoms with van der Waals surface area (Å²) in [5.74, 6) is 1.37. The highest BCUT2D eigenvalue weighted by Gasteiger charge is 2.45. The van der Waals surface area contributed by atoms with Crippen molar-refractivity contribution < 1.29 is 14.3 Å². The van der Waals surface area contributed by atoms with Crippen LogP contribution < -0.4 is 15.2 Å². The predicted octanol–water partition coefficient (Wildman–Crippen LogP) is 2.01. The van der Waals surface area contributed by atoms with Crippen LogP contribution in [0.4, 0.5) is 0 Å². The SMILES string of the molecule is COc1ccc(OC)c(C(=O)C(C)(N)C2CC2)c1. The van der Waals surface area contributed by atoms with Crippen LogP contribution in [0.15, 0.2) is 18.2 Å². The van der Waals surface area contributed by atoms with Gasteiger partial charge in [0.05, 0.1) is 25.3 Å². The van der Waals surface area contributed by atoms with Crippen molar-refractivity contribution in [2.75, 3.05) is 14.2 Å². The van der Waals surface area contributed by atoms with Crippen molar-refractivity contribution in [2.24, 2.45) is 11.7 Å². The molecule has 1 aromatic carbocycles. The summed E-state index contributed by atoms with van der Waals surface area (Å²) >= 11 is 0. The second-order valence-electron chi connectivity index (χ2n) is 4.95. The monoisotopic (exact) mass is 249 g/mol. The minimum atomic E-state index is -0.820. The number of carbonyl (C=O) groups is 1. The summed E-state index contributed by atoms with van der Waals surface area (Å²) in [5, 5.41) is 0. The average Bonchev–Trinajstić information content (AvgIpc) is 3.21. The summed E-state index contributed by atoms with van der Waals surface area (Å²) in [6, 6.07) is 5.18. The van der Waals surface area contributed by atoms with Crippen molar-refractivity contribution in [3.63, 3.8) is 0 Å². The quantitative estimate of drug-likeness (QED) is 0.811. The third-order valence-corrected chi connectivity index (χ3v) is 3.57. The second kappa shape index (κ2) is 4.61. The van der Waals surface area contributed by atoms with Gasteiger partial charge >= 0.3 is 0 Å². The van der Waals surface area contributed by atoms with Crippen LogP contribution >= 0.6 is 0 Å². The van der Waals surface area contributed by atoms with Crippen molar-refractivity contribution >= 4 is 5.78 Å². The summed E-state index contributed by atoms with van der Waals surface area (Å²) in [6.45, 7) is 1.80. The lowest BCUT2D eigenvalue weighted by atomic mass is 9.87. The van der Waals surface area contributed by atoms with E-state index in [9.17, 15) is 4.79 Å². The van der Waals surface area contributed by atoms with E-state index < -0.39 is 5.54 Å². The highest BCUT2D eigenvalue weighted by atomic mass is 16.5. The molecule has 0 aromatic heterocycles. The molecule has 0 radical (unpaired) electrons. The van der Waals surface area contributed by atoms with Gasteiger partial charge in [0.25, 0.3) is 0 Å². The second-order valence-corrected chi connectivity index (χ2v) is 4.95. The van der Waals surface area contributed by atoms with Crippen LogP contribution in [0.2, 0.25) is 0 Å². The number of ether oxygens (including phenoxy) is 2. The molecule has 0 bridgehead atoms. The largest absolute Gasteiger partial charge is 0.497 e. The normalized spacial score (nSPS) is 18.0. The Morgan fingerprint density at radius 1 is 1.33 bits per heavy atom. The number of rotatable bonds is 5. The fourth-order valence-corrected chi connectivity index (χ4v) is 2.15. The topological polar surface area (TPSA) is 61.5 Å². The van der Waals surface area contributed by atoms with Gasteiger partial charge in [0.1, 0.15) is 11.5 Å². The Morgan fingerprint density at radius 3 is 2.50 bits per heavy atom. The number of nitrogens with two attached hydrogens (primary N) is 1. The lowest BCUT2D eigenvalue weighted by Gasteiger charge is -2.23. The number of hydrogen-bond acceptors (Lipinski definition) is 4. The van der Waals surface area contributed by atoms with Gasteiger partial charge < -0.3 is 15.2 Å². The first kappa shape index (κ1) is 12.9. The van der Waals surface area contributed by atoms with Crippen molar-refractivity contribution in [1.29, 1.82) is 0 Å². The highest BCUT2D eigenvalue weighted by Crippen LogP contribution is 2.41. The molecule has 1 fully saturated rings. The zero-order valence-electron chi connectivity index (χ0n) is 11.0. The molecule has 4 nitrogen and oxygen atoms in total. The molecule has 2 rings (SSSR count). The molecule has 4 heteroatoms. The van der Waals surface area contributed by atoms with Crippen LogP contribution in [0.3, 0.4) is 0 Å². The molecule has 1 atom stereocenters. The number of Topliss-reactive ketones (excluding diaryl/α,β-unsaturated/α-hetero) is 1. The molecule has 1 unspecified atom stereocenters. The first-order chi connectivity index (χ1) is 8.50. The molecular formula is C14H19NO3. The zero-order valence-corrected chi connectivity index (χ0v) is 11.0. The fourth-order valence-electron chi connectivity index (χ4n) is 2.15. The van der Waals surface area contributed by atoms with Gasteiger partial charge in [-0.1, -0.05) is 0 Å². The molecule has 1 aliphatic rings. The Kier molecular flexibility index (Phi) is 3.30. The molecule has 1 aromatic rings. The van der Waals surface area contributed by atoms with E-state index in [1.807, 2.05) is 0 Å². The minimum Gasteiger partial charge on any atom is -0.497 e. The van der Waals surface area contributed by atoms with E-state index in [1.54, 1.807) is 39.3 Å². The van der Waals surface area contributed by atoms with E-state index in [0.29, 0.717) is 17.1 Å². The number of benzene rings is 1. The smallest absolute Gasteiger partial charge is 0.186 e. The number of carbonyl (C=O) groups excluding carboxylic acids is 1. The molecule has 2 N–H and O–H groups in total. The lowest BCUT2D eigenvalue weighted by Crippen LogP contribution is -2.47. The number of hydrogen-bond donors (Lipinski definition) is 1. The van der Waals surface area contributed by atoms with Crippen molar-refractivity contribution in [3.8, 4) is 11.5 Å². The van der Waals surface area contributed by atoms with E-state index in [0.717, 1.165) is 12.8 Å². The molecule has 0 spiro atoms. The summed E-state index contributed by atoms with van der Waals surface area (Å²) in [6.07, 6.45) is 2.04. The van der Waals surface area contributed by atoms with Gasteiger partial charge in [-0.05, 0) is 43.9 Å². The molecule has 0 aliphatic heterocycles. The Hall–Kier alpha value is -1.55. The first-order valence-electron chi connectivity index (χ1n) is 6.06. The van der Waals surface area contributed by atoms with Gasteiger partial charge in [-0.25, -0.2) is 0 Å². The molecule has 0 amide bonds. The van der Waals surface area contributed by atoms with Crippen molar-refractivity contribution in [1.82, 2.24) is 0 Å². The Morgan fingerprint density at radius 2 is 2.00 bits per heavy atom. The molecule has 1 saturated carbocycles. The molecule has 0 saturated heterocycles. The van der Waals surface area contributed by atoms with E-state index in [4.69, 9.17) is 15.2 Å². The molecule has 18 heavy (non-hydrogen) atoms. The number of methoxy groups -OCH3 is 2. The summed E-state index contributed by atoms with van der Waals surface area (Å²) in [4.78, 5) is 12.5. The van der Waals surface area contributed by atoms with E-state index in [1.165, 1.54) is 0 Å². The maximum atomic E-state index is 12.5. The van der Waals surface area contributed by atoms with E-state index in [2.05, 4.69) is 0 Å². The maximum absolute atomic E-state index is 12.5. The molecule has 1 aliphatic carbocycles. The molecule has 98 valence electrons. The first-order valence-corrected chi connectivity index (χ1v) is 6.06. The van der Waals surface area contributed by atoms with Crippen molar-refractivity contribution in [3.05, 3.63) is 23.8 Å². The van der Waals surface area contributed by atoms with Gasteiger partial charge in [-0.15, -0.1) is 0 Å². The Labute approximate surface area is 107 Å². The standard InChI is InChI=1S/C14H19NO3/c1-14(15,9-4-5-9)13(16)11-8-10(17-2)6-7-12(11)18-3/h6-9H,4-5,15H2,1-3H3. The zero-order chi connectivity index (χ0) is 13.3. The third kappa shape index (κ3) is 2.20. The predicted molar refractivity (Wildman–Crippen MR) is 69.2 cm³/mol. The van der Waals surface area contributed by atoms with Crippen molar-refractivity contribution in [2.45, 2.75) is 25.3 Å². The molecular weight excluding hydrogens is 230 g/mol. The number of ketones is 1. The lowest BCUT2D eigenvalue weighted by molar-refractivity contribution is 0.0879. The van der Waals surface area contributed by atoms with Gasteiger partial charge in [0, 0.05) is 0 Å². The van der Waals surface area contributed by atoms with Gasteiger partial charge in [0.15, 0.2) is 5.78 Å². The Bertz CT molecular complexity index is 464. The average molecular weight is 249 g/mol. The molecule has 0 heterocycles. The minimum absolute atomic E-state index is 0.0826. The van der Waals surface area contributed by atoms with Gasteiger partial charge in [-0.3, -0.25) is 4.79 Å². The maximum Gasteiger partial charge on any atom is 0.186 e. The van der Waals surface area contributed by atoms with Crippen LogP contribution in [0, 0.1) is 5.92 Å². The Balaban J connectivity index is 2.38. The van der Waals surface area contributed by atoms with Crippen LogP contribution in [-0.4, -0.2) is 25.5 Å². The van der Waals surface area contributed by atoms with Crippen LogP contribution in [-0.2, 0) is 0 Å². The highest BCUT2D eigenvalue weighted by molar-refractivity contribution is 6.05. The summed E-state index contributed by atoms with van der Waals surface area (Å²) < 4.78 is 10.4. The van der Waals surface area contributed by atoms with Crippen LogP contribution in [0.1, 0.15) is 30.1 Å². The third-order valence-electron chi connectivity index (χ3n) is 3.57. The van der Waals surface area contributed by atoms with E-state index in [-0.39, 0.29) is 11.7 Å². The van der Waals surface area contributed by atoms with E-state index >= 15 is 0 Å². The van der Waals surface area contributed by atoms with Gasteiger partial charge in [0.2, 0.25) is 0 Å². The van der Waals surface area contributed by atoms with Crippen LogP contribution in [0.5, 0.6) is 11.5 Å².